The van der Waals surface area contributed by atoms with E-state index in [4.69, 9.17) is 4.98 Å². The third kappa shape index (κ3) is 2.86. The van der Waals surface area contributed by atoms with Crippen LogP contribution in [0.25, 0.3) is 10.2 Å². The van der Waals surface area contributed by atoms with Crippen LogP contribution in [0.2, 0.25) is 0 Å². The molecule has 98 valence electrons. The lowest BCUT2D eigenvalue weighted by atomic mass is 10.1. The SMILES string of the molecule is CCNC(Cc1ccsc1)c1nc2ccccc2s1. The molecule has 0 saturated carbocycles. The summed E-state index contributed by atoms with van der Waals surface area (Å²) in [6.07, 6.45) is 1.01. The van der Waals surface area contributed by atoms with Crippen LogP contribution >= 0.6 is 22.7 Å². The van der Waals surface area contributed by atoms with E-state index >= 15 is 0 Å². The topological polar surface area (TPSA) is 24.9 Å². The summed E-state index contributed by atoms with van der Waals surface area (Å²) in [6, 6.07) is 10.9. The van der Waals surface area contributed by atoms with E-state index in [1.54, 1.807) is 22.7 Å². The van der Waals surface area contributed by atoms with Crippen molar-refractivity contribution < 1.29 is 0 Å². The van der Waals surface area contributed by atoms with Gasteiger partial charge < -0.3 is 5.32 Å². The molecule has 0 bridgehead atoms. The molecule has 19 heavy (non-hydrogen) atoms. The maximum absolute atomic E-state index is 4.77. The van der Waals surface area contributed by atoms with Gasteiger partial charge in [0.25, 0.3) is 0 Å². The van der Waals surface area contributed by atoms with Crippen LogP contribution in [0.4, 0.5) is 0 Å². The Labute approximate surface area is 121 Å². The minimum atomic E-state index is 0.317. The van der Waals surface area contributed by atoms with E-state index < -0.39 is 0 Å². The molecule has 3 aromatic rings. The Morgan fingerprint density at radius 2 is 2.16 bits per heavy atom. The highest BCUT2D eigenvalue weighted by Crippen LogP contribution is 2.28. The standard InChI is InChI=1S/C15H16N2S2/c1-2-16-13(9-11-7-8-18-10-11)15-17-12-5-3-4-6-14(12)19-15/h3-8,10,13,16H,2,9H2,1H3. The molecule has 0 aliphatic rings. The second kappa shape index (κ2) is 5.82. The molecule has 2 aromatic heterocycles. The molecule has 0 radical (unpaired) electrons. The van der Waals surface area contributed by atoms with Gasteiger partial charge in [-0.15, -0.1) is 11.3 Å². The fourth-order valence-corrected chi connectivity index (χ4v) is 3.90. The highest BCUT2D eigenvalue weighted by Gasteiger charge is 2.16. The van der Waals surface area contributed by atoms with Crippen molar-refractivity contribution in [2.24, 2.45) is 0 Å². The van der Waals surface area contributed by atoms with E-state index in [0.717, 1.165) is 18.5 Å². The summed E-state index contributed by atoms with van der Waals surface area (Å²) >= 11 is 3.55. The van der Waals surface area contributed by atoms with Crippen molar-refractivity contribution >= 4 is 32.9 Å². The van der Waals surface area contributed by atoms with Gasteiger partial charge >= 0.3 is 0 Å². The second-order valence-corrected chi connectivity index (χ2v) is 6.31. The van der Waals surface area contributed by atoms with Crippen LogP contribution in [-0.2, 0) is 6.42 Å². The van der Waals surface area contributed by atoms with Gasteiger partial charge in [-0.05, 0) is 47.5 Å². The number of thiazole rings is 1. The molecule has 1 atom stereocenters. The predicted octanol–water partition coefficient (Wildman–Crippen LogP) is 4.25. The smallest absolute Gasteiger partial charge is 0.111 e. The normalized spacial score (nSPS) is 12.9. The molecule has 0 aliphatic carbocycles. The van der Waals surface area contributed by atoms with E-state index in [2.05, 4.69) is 47.3 Å². The third-order valence-corrected chi connectivity index (χ3v) is 4.96. The summed E-state index contributed by atoms with van der Waals surface area (Å²) in [5.41, 5.74) is 2.49. The number of rotatable bonds is 5. The first-order valence-electron chi connectivity index (χ1n) is 6.46. The quantitative estimate of drug-likeness (QED) is 0.759. The van der Waals surface area contributed by atoms with Gasteiger partial charge in [0, 0.05) is 0 Å². The van der Waals surface area contributed by atoms with Crippen molar-refractivity contribution in [1.82, 2.24) is 10.3 Å². The summed E-state index contributed by atoms with van der Waals surface area (Å²) in [4.78, 5) is 4.77. The van der Waals surface area contributed by atoms with E-state index in [-0.39, 0.29) is 0 Å². The van der Waals surface area contributed by atoms with Crippen molar-refractivity contribution in [3.8, 4) is 0 Å². The maximum atomic E-state index is 4.77. The van der Waals surface area contributed by atoms with Gasteiger partial charge in [0.05, 0.1) is 16.3 Å². The lowest BCUT2D eigenvalue weighted by molar-refractivity contribution is 0.548. The third-order valence-electron chi connectivity index (χ3n) is 3.08. The largest absolute Gasteiger partial charge is 0.308 e. The Kier molecular flexibility index (Phi) is 3.92. The minimum Gasteiger partial charge on any atom is -0.308 e. The van der Waals surface area contributed by atoms with Gasteiger partial charge in [-0.25, -0.2) is 4.98 Å². The van der Waals surface area contributed by atoms with Crippen molar-refractivity contribution in [1.29, 1.82) is 0 Å². The molecule has 2 heterocycles. The number of hydrogen-bond donors (Lipinski definition) is 1. The number of benzene rings is 1. The zero-order valence-electron chi connectivity index (χ0n) is 10.8. The lowest BCUT2D eigenvalue weighted by Gasteiger charge is -2.14. The van der Waals surface area contributed by atoms with Gasteiger partial charge in [0.1, 0.15) is 5.01 Å². The zero-order valence-corrected chi connectivity index (χ0v) is 12.4. The monoisotopic (exact) mass is 288 g/mol. The number of fused-ring (bicyclic) bond motifs is 1. The number of hydrogen-bond acceptors (Lipinski definition) is 4. The van der Waals surface area contributed by atoms with Gasteiger partial charge in [-0.3, -0.25) is 0 Å². The average molecular weight is 288 g/mol. The average Bonchev–Trinajstić information content (AvgIpc) is 3.06. The van der Waals surface area contributed by atoms with Crippen LogP contribution < -0.4 is 5.32 Å². The van der Waals surface area contributed by atoms with Crippen molar-refractivity contribution in [2.75, 3.05) is 6.54 Å². The summed E-state index contributed by atoms with van der Waals surface area (Å²) in [7, 11) is 0. The first kappa shape index (κ1) is 12.8. The molecule has 3 rings (SSSR count). The molecule has 0 aliphatic heterocycles. The number of aromatic nitrogens is 1. The van der Waals surface area contributed by atoms with Gasteiger partial charge in [0.15, 0.2) is 0 Å². The summed E-state index contributed by atoms with van der Waals surface area (Å²) in [6.45, 7) is 3.11. The fraction of sp³-hybridized carbons (Fsp3) is 0.267. The molecule has 0 saturated heterocycles. The van der Waals surface area contributed by atoms with Crippen molar-refractivity contribution in [2.45, 2.75) is 19.4 Å². The molecule has 0 spiro atoms. The van der Waals surface area contributed by atoms with Crippen LogP contribution in [0.5, 0.6) is 0 Å². The molecular formula is C15H16N2S2. The molecule has 1 aromatic carbocycles. The molecule has 2 nitrogen and oxygen atoms in total. The van der Waals surface area contributed by atoms with Crippen molar-refractivity contribution in [3.63, 3.8) is 0 Å². The van der Waals surface area contributed by atoms with E-state index in [0.29, 0.717) is 6.04 Å². The van der Waals surface area contributed by atoms with Crippen LogP contribution in [0.1, 0.15) is 23.5 Å². The van der Waals surface area contributed by atoms with Crippen LogP contribution in [0.15, 0.2) is 41.1 Å². The molecular weight excluding hydrogens is 272 g/mol. The molecule has 1 unspecified atom stereocenters. The number of para-hydroxylation sites is 1. The van der Waals surface area contributed by atoms with Gasteiger partial charge in [-0.2, -0.15) is 11.3 Å². The van der Waals surface area contributed by atoms with Crippen LogP contribution in [0, 0.1) is 0 Å². The highest BCUT2D eigenvalue weighted by molar-refractivity contribution is 7.18. The van der Waals surface area contributed by atoms with Gasteiger partial charge in [0.2, 0.25) is 0 Å². The van der Waals surface area contributed by atoms with Gasteiger partial charge in [-0.1, -0.05) is 19.1 Å². The Morgan fingerprint density at radius 1 is 1.26 bits per heavy atom. The fourth-order valence-electron chi connectivity index (χ4n) is 2.18. The summed E-state index contributed by atoms with van der Waals surface area (Å²) in [5, 5.41) is 9.10. The first-order chi connectivity index (χ1) is 9.36. The second-order valence-electron chi connectivity index (χ2n) is 4.47. The summed E-state index contributed by atoms with van der Waals surface area (Å²) < 4.78 is 1.27. The molecule has 4 heteroatoms. The predicted molar refractivity (Wildman–Crippen MR) is 84.1 cm³/mol. The Hall–Kier alpha value is -1.23. The van der Waals surface area contributed by atoms with Crippen molar-refractivity contribution in [3.05, 3.63) is 51.7 Å². The zero-order chi connectivity index (χ0) is 13.1. The number of thiophene rings is 1. The lowest BCUT2D eigenvalue weighted by Crippen LogP contribution is -2.22. The Balaban J connectivity index is 1.90. The molecule has 0 fully saturated rings. The number of nitrogens with one attached hydrogen (secondary N) is 1. The molecule has 1 N–H and O–H groups in total. The summed E-state index contributed by atoms with van der Waals surface area (Å²) in [5.74, 6) is 0. The van der Waals surface area contributed by atoms with E-state index in [9.17, 15) is 0 Å². The Bertz CT molecular complexity index is 610. The number of nitrogens with zero attached hydrogens (tertiary/aromatic N) is 1. The highest BCUT2D eigenvalue weighted by atomic mass is 32.1. The van der Waals surface area contributed by atoms with Crippen LogP contribution in [0.3, 0.4) is 0 Å². The Morgan fingerprint density at radius 3 is 2.89 bits per heavy atom. The van der Waals surface area contributed by atoms with Crippen LogP contribution in [-0.4, -0.2) is 11.5 Å². The number of likely N-dealkylation sites (N-methyl/N-ethyl adjacent to an activating group) is 1. The molecule has 0 amide bonds. The minimum absolute atomic E-state index is 0.317. The first-order valence-corrected chi connectivity index (χ1v) is 8.22. The van der Waals surface area contributed by atoms with E-state index in [1.807, 2.05) is 6.07 Å². The maximum Gasteiger partial charge on any atom is 0.111 e. The van der Waals surface area contributed by atoms with E-state index in [1.165, 1.54) is 15.3 Å².